The summed E-state index contributed by atoms with van der Waals surface area (Å²) in [5, 5.41) is 25.4. The van der Waals surface area contributed by atoms with Crippen molar-refractivity contribution in [3.63, 3.8) is 0 Å². The van der Waals surface area contributed by atoms with E-state index in [1.165, 1.54) is 31.3 Å². The normalized spacial score (nSPS) is 37.0. The molecular formula is C36H44N4O2. The summed E-state index contributed by atoms with van der Waals surface area (Å²) >= 11 is 0. The number of aromatic hydroxyl groups is 1. The van der Waals surface area contributed by atoms with Gasteiger partial charge in [0.05, 0.1) is 22.9 Å². The zero-order chi connectivity index (χ0) is 28.3. The lowest BCUT2D eigenvalue weighted by Gasteiger charge is -2.58. The largest absolute Gasteiger partial charge is 0.508 e. The quantitative estimate of drug-likeness (QED) is 0.292. The van der Waals surface area contributed by atoms with Gasteiger partial charge in [-0.05, 0) is 126 Å². The maximum Gasteiger partial charge on any atom is 0.116 e. The van der Waals surface area contributed by atoms with Crippen molar-refractivity contribution in [1.29, 1.82) is 0 Å². The number of nitrogens with one attached hydrogen (secondary N) is 1. The van der Waals surface area contributed by atoms with Gasteiger partial charge in [0.25, 0.3) is 0 Å². The van der Waals surface area contributed by atoms with Gasteiger partial charge in [0, 0.05) is 40.5 Å². The van der Waals surface area contributed by atoms with Crippen molar-refractivity contribution in [2.75, 3.05) is 26.2 Å². The van der Waals surface area contributed by atoms with Crippen LogP contribution < -0.4 is 0 Å². The Kier molecular flexibility index (Phi) is 6.58. The number of aliphatic hydroxyl groups is 1. The van der Waals surface area contributed by atoms with Gasteiger partial charge in [0.2, 0.25) is 0 Å². The van der Waals surface area contributed by atoms with Crippen LogP contribution in [0.25, 0.3) is 27.4 Å². The maximum absolute atomic E-state index is 13.1. The molecule has 2 aromatic heterocycles. The molecule has 5 aliphatic rings. The third-order valence-electron chi connectivity index (χ3n) is 11.2. The van der Waals surface area contributed by atoms with Crippen LogP contribution in [0.1, 0.15) is 69.9 Å². The van der Waals surface area contributed by atoms with Crippen LogP contribution >= 0.6 is 0 Å². The summed E-state index contributed by atoms with van der Waals surface area (Å²) in [5.74, 6) is 0.606. The minimum Gasteiger partial charge on any atom is -0.508 e. The Morgan fingerprint density at radius 1 is 0.929 bits per heavy atom. The monoisotopic (exact) mass is 564 g/mol. The molecule has 6 heteroatoms. The molecule has 1 aromatic carbocycles. The lowest BCUT2D eigenvalue weighted by atomic mass is 9.54. The number of nitrogens with zero attached hydrogens (tertiary/aromatic N) is 3. The van der Waals surface area contributed by atoms with E-state index in [0.717, 1.165) is 92.2 Å². The molecule has 3 bridgehead atoms. The molecule has 6 nitrogen and oxygen atoms in total. The Balaban J connectivity index is 1.35. The minimum absolute atomic E-state index is 0.0394. The van der Waals surface area contributed by atoms with E-state index in [0.29, 0.717) is 12.0 Å². The number of phenols is 1. The highest BCUT2D eigenvalue weighted by molar-refractivity contribution is 6.10. The van der Waals surface area contributed by atoms with E-state index in [9.17, 15) is 10.2 Å². The zero-order valence-electron chi connectivity index (χ0n) is 24.6. The summed E-state index contributed by atoms with van der Waals surface area (Å²) in [6, 6.07) is 8.08. The minimum atomic E-state index is -0.941. The van der Waals surface area contributed by atoms with Gasteiger partial charge in [-0.1, -0.05) is 24.3 Å². The highest BCUT2D eigenvalue weighted by Gasteiger charge is 2.65. The van der Waals surface area contributed by atoms with E-state index in [1.54, 1.807) is 6.07 Å². The molecule has 2 unspecified atom stereocenters. The number of aromatic nitrogens is 2. The SMILES string of the molecule is Oc1ccc2[nH]c3c(C4=C[C@@]5(O)CC/C=C\CCCCN6CCC4[C@]4(C[C@@H]7/C=C\CCCCN7[C@H]45)C6)nccc3c2c1. The van der Waals surface area contributed by atoms with Crippen LogP contribution in [0.15, 0.2) is 60.8 Å². The molecule has 2 fully saturated rings. The molecule has 6 heterocycles. The van der Waals surface area contributed by atoms with Crippen molar-refractivity contribution in [3.8, 4) is 5.75 Å². The van der Waals surface area contributed by atoms with Gasteiger partial charge in [-0.2, -0.15) is 0 Å². The average Bonchev–Trinajstić information content (AvgIpc) is 3.48. The van der Waals surface area contributed by atoms with Crippen molar-refractivity contribution in [2.24, 2.45) is 11.3 Å². The molecule has 0 radical (unpaired) electrons. The summed E-state index contributed by atoms with van der Waals surface area (Å²) in [6.45, 7) is 4.36. The van der Waals surface area contributed by atoms with Crippen LogP contribution in [-0.4, -0.2) is 73.8 Å². The molecule has 220 valence electrons. The van der Waals surface area contributed by atoms with E-state index >= 15 is 0 Å². The van der Waals surface area contributed by atoms with E-state index in [-0.39, 0.29) is 17.2 Å². The van der Waals surface area contributed by atoms with Crippen molar-refractivity contribution < 1.29 is 10.2 Å². The van der Waals surface area contributed by atoms with E-state index < -0.39 is 5.60 Å². The van der Waals surface area contributed by atoms with Gasteiger partial charge in [0.15, 0.2) is 0 Å². The molecule has 3 N–H and O–H groups in total. The molecule has 6 atom stereocenters. The van der Waals surface area contributed by atoms with Crippen LogP contribution in [-0.2, 0) is 0 Å². The van der Waals surface area contributed by atoms with Gasteiger partial charge >= 0.3 is 0 Å². The predicted molar refractivity (Wildman–Crippen MR) is 169 cm³/mol. The van der Waals surface area contributed by atoms with Crippen LogP contribution in [0.3, 0.4) is 0 Å². The maximum atomic E-state index is 13.1. The molecule has 42 heavy (non-hydrogen) atoms. The van der Waals surface area contributed by atoms with Crippen LogP contribution in [0, 0.1) is 11.3 Å². The third kappa shape index (κ3) is 4.21. The number of H-pyrrole nitrogens is 1. The van der Waals surface area contributed by atoms with E-state index in [4.69, 9.17) is 4.98 Å². The highest BCUT2D eigenvalue weighted by Crippen LogP contribution is 2.61. The van der Waals surface area contributed by atoms with Crippen LogP contribution in [0.2, 0.25) is 0 Å². The summed E-state index contributed by atoms with van der Waals surface area (Å²) in [7, 11) is 0. The fourth-order valence-electron chi connectivity index (χ4n) is 9.62. The average molecular weight is 565 g/mol. The van der Waals surface area contributed by atoms with Crippen LogP contribution in [0.4, 0.5) is 0 Å². The van der Waals surface area contributed by atoms with E-state index in [2.05, 4.69) is 51.2 Å². The first-order chi connectivity index (χ1) is 20.6. The Morgan fingerprint density at radius 3 is 2.71 bits per heavy atom. The van der Waals surface area contributed by atoms with Crippen molar-refractivity contribution in [3.05, 3.63) is 66.5 Å². The second-order valence-corrected chi connectivity index (χ2v) is 13.7. The number of rotatable bonds is 1. The number of piperidine rings is 1. The molecule has 1 spiro atoms. The summed E-state index contributed by atoms with van der Waals surface area (Å²) < 4.78 is 0. The molecule has 3 aromatic rings. The number of fused-ring (bicyclic) bond motifs is 5. The lowest BCUT2D eigenvalue weighted by molar-refractivity contribution is -0.0894. The Morgan fingerprint density at radius 2 is 1.79 bits per heavy atom. The third-order valence-corrected chi connectivity index (χ3v) is 11.2. The van der Waals surface area contributed by atoms with Gasteiger partial charge in [-0.25, -0.2) is 0 Å². The van der Waals surface area contributed by atoms with E-state index in [1.807, 2.05) is 18.3 Å². The van der Waals surface area contributed by atoms with Crippen molar-refractivity contribution >= 4 is 27.4 Å². The Hall–Kier alpha value is -2.93. The fourth-order valence-corrected chi connectivity index (χ4v) is 9.62. The molecule has 0 saturated carbocycles. The number of aromatic amines is 1. The number of hydrogen-bond donors (Lipinski definition) is 3. The first kappa shape index (κ1) is 26.7. The van der Waals surface area contributed by atoms with Gasteiger partial charge in [-0.15, -0.1) is 0 Å². The molecule has 4 aliphatic heterocycles. The van der Waals surface area contributed by atoms with Gasteiger partial charge in [0.1, 0.15) is 5.75 Å². The lowest BCUT2D eigenvalue weighted by Crippen LogP contribution is -2.65. The Bertz CT molecular complexity index is 1590. The van der Waals surface area contributed by atoms with Crippen LogP contribution in [0.5, 0.6) is 5.75 Å². The summed E-state index contributed by atoms with van der Waals surface area (Å²) in [6.07, 6.45) is 24.7. The predicted octanol–water partition coefficient (Wildman–Crippen LogP) is 6.56. The topological polar surface area (TPSA) is 75.6 Å². The highest BCUT2D eigenvalue weighted by atomic mass is 16.3. The smallest absolute Gasteiger partial charge is 0.116 e. The standard InChI is InChI=1S/C36H44N4O2/c41-26-12-13-31-28(21-26)27-14-17-37-32(33(27)38-31)29-23-36(42)16-8-4-1-2-5-9-18-39-20-15-30(29)35(24-39)22-25-11-7-3-6-10-19-40(25)34(35)36/h1,4,7,11-14,17,21,23,25,30,34,38,41-42H,2-3,5-6,8-10,15-16,18-20,22,24H2/b4-1-,11-7-/t25-,30?,34+,35-,36-/m0/s1. The van der Waals surface area contributed by atoms with Crippen molar-refractivity contribution in [2.45, 2.75) is 81.9 Å². The van der Waals surface area contributed by atoms with Gasteiger partial charge < -0.3 is 20.1 Å². The summed E-state index contributed by atoms with van der Waals surface area (Å²) in [4.78, 5) is 14.2. The zero-order valence-corrected chi connectivity index (χ0v) is 24.6. The second kappa shape index (κ2) is 10.4. The number of hydrogen-bond acceptors (Lipinski definition) is 5. The Labute approximate surface area is 248 Å². The molecule has 1 aliphatic carbocycles. The number of allylic oxidation sites excluding steroid dienone is 4. The molecule has 2 saturated heterocycles. The molecular weight excluding hydrogens is 520 g/mol. The summed E-state index contributed by atoms with van der Waals surface area (Å²) in [5.41, 5.74) is 3.25. The van der Waals surface area contributed by atoms with Gasteiger partial charge in [-0.3, -0.25) is 9.88 Å². The molecule has 0 amide bonds. The second-order valence-electron chi connectivity index (χ2n) is 13.7. The first-order valence-corrected chi connectivity index (χ1v) is 16.4. The number of phenolic OH excluding ortho intramolecular Hbond substituents is 1. The van der Waals surface area contributed by atoms with Crippen molar-refractivity contribution in [1.82, 2.24) is 19.8 Å². The fraction of sp³-hybridized carbons (Fsp3) is 0.528. The number of pyridine rings is 1. The first-order valence-electron chi connectivity index (χ1n) is 16.4. The number of benzene rings is 1. The molecule has 8 rings (SSSR count).